The number of carbonyl (C=O) groups is 2. The summed E-state index contributed by atoms with van der Waals surface area (Å²) in [5.74, 6) is -0.545. The molecular formula is C14H17N5O2. The van der Waals surface area contributed by atoms with Crippen LogP contribution in [-0.2, 0) is 17.9 Å². The predicted molar refractivity (Wildman–Crippen MR) is 78.6 cm³/mol. The van der Waals surface area contributed by atoms with Crippen molar-refractivity contribution < 1.29 is 9.59 Å². The number of benzene rings is 1. The Bertz CT molecular complexity index is 633. The third-order valence-corrected chi connectivity index (χ3v) is 2.95. The van der Waals surface area contributed by atoms with E-state index in [1.165, 1.54) is 0 Å². The molecule has 2 rings (SSSR count). The first-order chi connectivity index (χ1) is 10.1. The van der Waals surface area contributed by atoms with Crippen LogP contribution in [0.15, 0.2) is 36.7 Å². The summed E-state index contributed by atoms with van der Waals surface area (Å²) in [4.78, 5) is 22.2. The van der Waals surface area contributed by atoms with Crippen LogP contribution in [0.2, 0.25) is 0 Å². The number of primary amides is 1. The molecule has 21 heavy (non-hydrogen) atoms. The van der Waals surface area contributed by atoms with Gasteiger partial charge in [0.1, 0.15) is 6.54 Å². The highest BCUT2D eigenvalue weighted by molar-refractivity contribution is 5.92. The first kappa shape index (κ1) is 14.6. The zero-order valence-electron chi connectivity index (χ0n) is 11.7. The Kier molecular flexibility index (Phi) is 4.55. The number of amides is 2. The Morgan fingerprint density at radius 2 is 2.00 bits per heavy atom. The van der Waals surface area contributed by atoms with Crippen LogP contribution in [0.4, 0.5) is 5.69 Å². The Labute approximate surface area is 122 Å². The van der Waals surface area contributed by atoms with Gasteiger partial charge in [-0.25, -0.2) is 0 Å². The van der Waals surface area contributed by atoms with Gasteiger partial charge in [-0.3, -0.25) is 14.3 Å². The van der Waals surface area contributed by atoms with Crippen molar-refractivity contribution in [3.63, 3.8) is 0 Å². The van der Waals surface area contributed by atoms with E-state index in [9.17, 15) is 9.59 Å². The predicted octanol–water partition coefficient (Wildman–Crippen LogP) is 0.340. The van der Waals surface area contributed by atoms with Crippen LogP contribution in [0.1, 0.15) is 15.9 Å². The summed E-state index contributed by atoms with van der Waals surface area (Å²) in [6.07, 6.45) is 3.41. The number of nitrogens with one attached hydrogen (secondary N) is 2. The molecule has 0 fully saturated rings. The molecule has 1 aromatic heterocycles. The number of hydrogen-bond acceptors (Lipinski definition) is 4. The van der Waals surface area contributed by atoms with E-state index >= 15 is 0 Å². The summed E-state index contributed by atoms with van der Waals surface area (Å²) < 4.78 is 1.55. The standard InChI is InChI=1S/C14H17N5O2/c1-16-13(20)9-19-8-12(7-18-19)17-6-10-2-4-11(5-3-10)14(15)21/h2-5,7-8,17H,6,9H2,1H3,(H2,15,21)(H,16,20). The normalized spacial score (nSPS) is 10.1. The van der Waals surface area contributed by atoms with Crippen LogP contribution < -0.4 is 16.4 Å². The van der Waals surface area contributed by atoms with Crippen molar-refractivity contribution in [1.29, 1.82) is 0 Å². The van der Waals surface area contributed by atoms with E-state index < -0.39 is 5.91 Å². The van der Waals surface area contributed by atoms with Crippen molar-refractivity contribution in [2.45, 2.75) is 13.1 Å². The van der Waals surface area contributed by atoms with Gasteiger partial charge in [0.25, 0.3) is 0 Å². The fourth-order valence-corrected chi connectivity index (χ4v) is 1.76. The molecule has 0 atom stereocenters. The Morgan fingerprint density at radius 3 is 2.62 bits per heavy atom. The molecule has 2 amide bonds. The summed E-state index contributed by atoms with van der Waals surface area (Å²) in [5, 5.41) is 9.81. The topological polar surface area (TPSA) is 102 Å². The lowest BCUT2D eigenvalue weighted by Gasteiger charge is -2.04. The van der Waals surface area contributed by atoms with Crippen LogP contribution in [0.5, 0.6) is 0 Å². The molecule has 0 aliphatic rings. The van der Waals surface area contributed by atoms with Crippen molar-refractivity contribution in [3.05, 3.63) is 47.8 Å². The van der Waals surface area contributed by atoms with Gasteiger partial charge < -0.3 is 16.4 Å². The molecule has 0 spiro atoms. The van der Waals surface area contributed by atoms with Gasteiger partial charge in [-0.15, -0.1) is 0 Å². The van der Waals surface area contributed by atoms with Crippen LogP contribution in [-0.4, -0.2) is 28.6 Å². The lowest BCUT2D eigenvalue weighted by molar-refractivity contribution is -0.121. The number of rotatable bonds is 6. The number of carbonyl (C=O) groups excluding carboxylic acids is 2. The van der Waals surface area contributed by atoms with E-state index in [2.05, 4.69) is 15.7 Å². The maximum absolute atomic E-state index is 11.2. The molecular weight excluding hydrogens is 270 g/mol. The number of likely N-dealkylation sites (N-methyl/N-ethyl adjacent to an activating group) is 1. The molecule has 0 saturated carbocycles. The van der Waals surface area contributed by atoms with Gasteiger partial charge in [-0.2, -0.15) is 5.10 Å². The van der Waals surface area contributed by atoms with E-state index in [0.717, 1.165) is 11.3 Å². The van der Waals surface area contributed by atoms with Gasteiger partial charge in [0, 0.05) is 25.4 Å². The van der Waals surface area contributed by atoms with Gasteiger partial charge in [0.05, 0.1) is 11.9 Å². The van der Waals surface area contributed by atoms with Crippen molar-refractivity contribution in [1.82, 2.24) is 15.1 Å². The average Bonchev–Trinajstić information content (AvgIpc) is 2.93. The lowest BCUT2D eigenvalue weighted by atomic mass is 10.1. The molecule has 110 valence electrons. The van der Waals surface area contributed by atoms with E-state index in [4.69, 9.17) is 5.73 Å². The molecule has 0 aliphatic heterocycles. The van der Waals surface area contributed by atoms with Gasteiger partial charge in [0.2, 0.25) is 11.8 Å². The van der Waals surface area contributed by atoms with Crippen LogP contribution in [0, 0.1) is 0 Å². The third kappa shape index (κ3) is 4.07. The molecule has 0 aliphatic carbocycles. The Hall–Kier alpha value is -2.83. The third-order valence-electron chi connectivity index (χ3n) is 2.95. The fourth-order valence-electron chi connectivity index (χ4n) is 1.76. The van der Waals surface area contributed by atoms with Gasteiger partial charge in [0.15, 0.2) is 0 Å². The minimum absolute atomic E-state index is 0.105. The van der Waals surface area contributed by atoms with Crippen LogP contribution in [0.25, 0.3) is 0 Å². The molecule has 4 N–H and O–H groups in total. The van der Waals surface area contributed by atoms with Crippen molar-refractivity contribution in [2.75, 3.05) is 12.4 Å². The number of aromatic nitrogens is 2. The number of hydrogen-bond donors (Lipinski definition) is 3. The van der Waals surface area contributed by atoms with Gasteiger partial charge in [-0.1, -0.05) is 12.1 Å². The van der Waals surface area contributed by atoms with E-state index in [1.54, 1.807) is 36.3 Å². The molecule has 0 bridgehead atoms. The second-order valence-corrected chi connectivity index (χ2v) is 4.51. The minimum Gasteiger partial charge on any atom is -0.378 e. The molecule has 7 heteroatoms. The van der Waals surface area contributed by atoms with Crippen molar-refractivity contribution >= 4 is 17.5 Å². The van der Waals surface area contributed by atoms with E-state index in [0.29, 0.717) is 12.1 Å². The number of anilines is 1. The van der Waals surface area contributed by atoms with Crippen LogP contribution >= 0.6 is 0 Å². The molecule has 7 nitrogen and oxygen atoms in total. The SMILES string of the molecule is CNC(=O)Cn1cc(NCc2ccc(C(N)=O)cc2)cn1. The highest BCUT2D eigenvalue weighted by Crippen LogP contribution is 2.09. The fraction of sp³-hybridized carbons (Fsp3) is 0.214. The average molecular weight is 287 g/mol. The molecule has 0 radical (unpaired) electrons. The number of nitrogens with zero attached hydrogens (tertiary/aromatic N) is 2. The van der Waals surface area contributed by atoms with Gasteiger partial charge in [-0.05, 0) is 17.7 Å². The summed E-state index contributed by atoms with van der Waals surface area (Å²) in [7, 11) is 1.58. The lowest BCUT2D eigenvalue weighted by Crippen LogP contribution is -2.23. The first-order valence-electron chi connectivity index (χ1n) is 6.44. The largest absolute Gasteiger partial charge is 0.378 e. The highest BCUT2D eigenvalue weighted by Gasteiger charge is 2.03. The summed E-state index contributed by atoms with van der Waals surface area (Å²) in [6.45, 7) is 0.774. The summed E-state index contributed by atoms with van der Waals surface area (Å²) >= 11 is 0. The molecule has 2 aromatic rings. The molecule has 0 saturated heterocycles. The van der Waals surface area contributed by atoms with Gasteiger partial charge >= 0.3 is 0 Å². The van der Waals surface area contributed by atoms with E-state index in [-0.39, 0.29) is 12.5 Å². The first-order valence-corrected chi connectivity index (χ1v) is 6.44. The molecule has 1 aromatic carbocycles. The van der Waals surface area contributed by atoms with Crippen molar-refractivity contribution in [3.8, 4) is 0 Å². The maximum atomic E-state index is 11.2. The zero-order valence-corrected chi connectivity index (χ0v) is 11.7. The minimum atomic E-state index is -0.440. The highest BCUT2D eigenvalue weighted by atomic mass is 16.2. The maximum Gasteiger partial charge on any atom is 0.248 e. The Balaban J connectivity index is 1.90. The Morgan fingerprint density at radius 1 is 1.29 bits per heavy atom. The zero-order chi connectivity index (χ0) is 15.2. The second kappa shape index (κ2) is 6.56. The summed E-state index contributed by atoms with van der Waals surface area (Å²) in [6, 6.07) is 7.05. The molecule has 1 heterocycles. The van der Waals surface area contributed by atoms with Crippen molar-refractivity contribution in [2.24, 2.45) is 5.73 Å². The van der Waals surface area contributed by atoms with E-state index in [1.807, 2.05) is 12.1 Å². The summed E-state index contributed by atoms with van der Waals surface area (Å²) in [5.41, 5.74) is 7.50. The number of nitrogens with two attached hydrogens (primary N) is 1. The second-order valence-electron chi connectivity index (χ2n) is 4.51. The quantitative estimate of drug-likeness (QED) is 0.713. The monoisotopic (exact) mass is 287 g/mol. The molecule has 0 unspecified atom stereocenters. The smallest absolute Gasteiger partial charge is 0.248 e. The van der Waals surface area contributed by atoms with Crippen LogP contribution in [0.3, 0.4) is 0 Å².